The monoisotopic (exact) mass is 390 g/mol. The number of nitrogens with one attached hydrogen (secondary N) is 1. The Morgan fingerprint density at radius 3 is 2.79 bits per heavy atom. The van der Waals surface area contributed by atoms with Crippen molar-refractivity contribution in [3.05, 3.63) is 47.2 Å². The average molecular weight is 391 g/mol. The van der Waals surface area contributed by atoms with Crippen molar-refractivity contribution in [1.29, 1.82) is 0 Å². The molecule has 0 saturated carbocycles. The van der Waals surface area contributed by atoms with Gasteiger partial charge >= 0.3 is 0 Å². The molecule has 124 valence electrons. The van der Waals surface area contributed by atoms with Crippen LogP contribution in [0.2, 0.25) is 0 Å². The van der Waals surface area contributed by atoms with Crippen LogP contribution in [0.25, 0.3) is 10.9 Å². The molecule has 3 rings (SSSR count). The fourth-order valence-corrected chi connectivity index (χ4v) is 2.69. The van der Waals surface area contributed by atoms with Gasteiger partial charge in [0.15, 0.2) is 11.5 Å². The first kappa shape index (κ1) is 16.4. The van der Waals surface area contributed by atoms with Gasteiger partial charge in [0, 0.05) is 21.6 Å². The molecular weight excluding hydrogens is 376 g/mol. The molecule has 0 spiro atoms. The number of anilines is 2. The molecule has 0 aliphatic heterocycles. The number of alkyl halides is 1. The lowest BCUT2D eigenvalue weighted by Gasteiger charge is -2.13. The predicted molar refractivity (Wildman–Crippen MR) is 95.0 cm³/mol. The lowest BCUT2D eigenvalue weighted by molar-refractivity contribution is 0.260. The van der Waals surface area contributed by atoms with Crippen LogP contribution in [0.5, 0.6) is 11.5 Å². The van der Waals surface area contributed by atoms with E-state index in [1.54, 1.807) is 12.1 Å². The number of fused-ring (bicyclic) bond motifs is 1. The summed E-state index contributed by atoms with van der Waals surface area (Å²) < 4.78 is 24.1. The van der Waals surface area contributed by atoms with E-state index in [0.29, 0.717) is 22.8 Å². The zero-order valence-corrected chi connectivity index (χ0v) is 14.5. The molecule has 1 N–H and O–H groups in total. The van der Waals surface area contributed by atoms with Gasteiger partial charge in [-0.25, -0.2) is 14.4 Å². The highest BCUT2D eigenvalue weighted by Crippen LogP contribution is 2.34. The van der Waals surface area contributed by atoms with Gasteiger partial charge < -0.3 is 14.8 Å². The van der Waals surface area contributed by atoms with Crippen molar-refractivity contribution >= 4 is 38.3 Å². The Morgan fingerprint density at radius 1 is 1.17 bits per heavy atom. The summed E-state index contributed by atoms with van der Waals surface area (Å²) in [6, 6.07) is 11.2. The number of aromatic nitrogens is 2. The van der Waals surface area contributed by atoms with Gasteiger partial charge in [0.05, 0.1) is 12.6 Å². The quantitative estimate of drug-likeness (QED) is 0.671. The molecule has 0 atom stereocenters. The van der Waals surface area contributed by atoms with Crippen LogP contribution in [-0.4, -0.2) is 30.4 Å². The minimum Gasteiger partial charge on any atom is -0.493 e. The molecule has 7 heteroatoms. The highest BCUT2D eigenvalue weighted by molar-refractivity contribution is 9.10. The van der Waals surface area contributed by atoms with Crippen molar-refractivity contribution < 1.29 is 13.9 Å². The molecule has 0 radical (unpaired) electrons. The van der Waals surface area contributed by atoms with E-state index in [0.717, 1.165) is 15.5 Å². The van der Waals surface area contributed by atoms with Crippen LogP contribution in [0, 0.1) is 0 Å². The topological polar surface area (TPSA) is 56.3 Å². The second-order valence-electron chi connectivity index (χ2n) is 4.92. The summed E-state index contributed by atoms with van der Waals surface area (Å²) in [5, 5.41) is 4.01. The number of methoxy groups -OCH3 is 1. The summed E-state index contributed by atoms with van der Waals surface area (Å²) in [5.74, 6) is 1.59. The Hall–Kier alpha value is -2.41. The van der Waals surface area contributed by atoms with Crippen LogP contribution in [0.3, 0.4) is 0 Å². The normalized spacial score (nSPS) is 10.6. The Kier molecular flexibility index (Phi) is 5.10. The summed E-state index contributed by atoms with van der Waals surface area (Å²) in [4.78, 5) is 8.56. The van der Waals surface area contributed by atoms with Gasteiger partial charge in [-0.05, 0) is 24.3 Å². The first-order valence-corrected chi connectivity index (χ1v) is 8.04. The fourth-order valence-electron chi connectivity index (χ4n) is 2.29. The number of ether oxygens (including phenoxy) is 2. The first-order valence-electron chi connectivity index (χ1n) is 7.25. The molecule has 1 aromatic heterocycles. The second-order valence-corrected chi connectivity index (χ2v) is 5.83. The van der Waals surface area contributed by atoms with Gasteiger partial charge in [0.25, 0.3) is 0 Å². The van der Waals surface area contributed by atoms with Crippen LogP contribution in [-0.2, 0) is 0 Å². The van der Waals surface area contributed by atoms with Crippen LogP contribution < -0.4 is 14.8 Å². The standard InChI is InChI=1S/C17H15BrFN3O2/c1-23-15-9-14-13(8-16(15)24-6-5-19)17(21-10-20-14)22-12-4-2-3-11(18)7-12/h2-4,7-10H,5-6H2,1H3,(H,20,21,22)/i19-1. The van der Waals surface area contributed by atoms with Crippen molar-refractivity contribution in [1.82, 2.24) is 9.97 Å². The Balaban J connectivity index is 2.04. The maximum Gasteiger partial charge on any atom is 0.162 e. The summed E-state index contributed by atoms with van der Waals surface area (Å²) in [5.41, 5.74) is 1.58. The number of nitrogens with zero attached hydrogens (tertiary/aromatic N) is 2. The van der Waals surface area contributed by atoms with Crippen molar-refractivity contribution in [2.45, 2.75) is 0 Å². The minimum absolute atomic E-state index is 0.0377. The predicted octanol–water partition coefficient (Wildman–Crippen LogP) is 4.49. The maximum atomic E-state index is 12.4. The molecule has 0 unspecified atom stereocenters. The molecule has 24 heavy (non-hydrogen) atoms. The Morgan fingerprint density at radius 2 is 2.04 bits per heavy atom. The zero-order valence-electron chi connectivity index (χ0n) is 12.9. The molecule has 0 amide bonds. The van der Waals surface area contributed by atoms with E-state index in [1.807, 2.05) is 24.3 Å². The summed E-state index contributed by atoms with van der Waals surface area (Å²) in [6.45, 7) is -0.612. The van der Waals surface area contributed by atoms with Gasteiger partial charge in [-0.3, -0.25) is 0 Å². The maximum absolute atomic E-state index is 12.4. The van der Waals surface area contributed by atoms with E-state index < -0.39 is 6.67 Å². The van der Waals surface area contributed by atoms with E-state index in [-0.39, 0.29) is 6.61 Å². The van der Waals surface area contributed by atoms with Crippen LogP contribution in [0.1, 0.15) is 0 Å². The molecule has 0 fully saturated rings. The van der Waals surface area contributed by atoms with E-state index in [1.165, 1.54) is 13.4 Å². The number of halogens is 2. The second kappa shape index (κ2) is 7.44. The van der Waals surface area contributed by atoms with Gasteiger partial charge in [0.1, 0.15) is 25.4 Å². The third-order valence-electron chi connectivity index (χ3n) is 3.34. The highest BCUT2D eigenvalue weighted by Gasteiger charge is 2.12. The van der Waals surface area contributed by atoms with E-state index in [4.69, 9.17) is 9.47 Å². The van der Waals surface area contributed by atoms with E-state index in [2.05, 4.69) is 31.2 Å². The van der Waals surface area contributed by atoms with Gasteiger partial charge in [0.2, 0.25) is 0 Å². The highest BCUT2D eigenvalue weighted by atomic mass is 79.9. The van der Waals surface area contributed by atoms with Crippen LogP contribution in [0.4, 0.5) is 15.9 Å². The summed E-state index contributed by atoms with van der Waals surface area (Å²) >= 11 is 3.44. The van der Waals surface area contributed by atoms with Gasteiger partial charge in [-0.2, -0.15) is 0 Å². The molecular formula is C17H15BrFN3O2. The largest absolute Gasteiger partial charge is 0.493 e. The third kappa shape index (κ3) is 3.56. The van der Waals surface area contributed by atoms with Crippen molar-refractivity contribution in [2.24, 2.45) is 0 Å². The zero-order chi connectivity index (χ0) is 16.9. The summed E-state index contributed by atoms with van der Waals surface area (Å²) in [6.07, 6.45) is 1.48. The van der Waals surface area contributed by atoms with Gasteiger partial charge in [-0.15, -0.1) is 0 Å². The van der Waals surface area contributed by atoms with Gasteiger partial charge in [-0.1, -0.05) is 22.0 Å². The smallest absolute Gasteiger partial charge is 0.162 e. The lowest BCUT2D eigenvalue weighted by atomic mass is 10.2. The molecule has 0 bridgehead atoms. The SMILES string of the molecule is COc1cc2ncnc(Nc3cccc(Br)c3)c2cc1OCC[18F]. The summed E-state index contributed by atoms with van der Waals surface area (Å²) in [7, 11) is 1.53. The number of benzene rings is 2. The average Bonchev–Trinajstić information content (AvgIpc) is 2.59. The number of rotatable bonds is 6. The van der Waals surface area contributed by atoms with Crippen LogP contribution >= 0.6 is 15.9 Å². The Bertz CT molecular complexity index is 860. The van der Waals surface area contributed by atoms with E-state index >= 15 is 0 Å². The van der Waals surface area contributed by atoms with Crippen molar-refractivity contribution in [2.75, 3.05) is 25.7 Å². The van der Waals surface area contributed by atoms with E-state index in [9.17, 15) is 4.39 Å². The number of hydrogen-bond donors (Lipinski definition) is 1. The molecule has 3 aromatic rings. The molecule has 0 saturated heterocycles. The van der Waals surface area contributed by atoms with Crippen molar-refractivity contribution in [3.8, 4) is 11.5 Å². The minimum atomic E-state index is -0.574. The molecule has 5 nitrogen and oxygen atoms in total. The molecule has 0 aliphatic carbocycles. The molecule has 2 aromatic carbocycles. The van der Waals surface area contributed by atoms with Crippen LogP contribution in [0.15, 0.2) is 47.2 Å². The fraction of sp³-hybridized carbons (Fsp3) is 0.176. The molecule has 0 aliphatic rings. The Labute approximate surface area is 147 Å². The third-order valence-corrected chi connectivity index (χ3v) is 3.84. The first-order chi connectivity index (χ1) is 11.7. The lowest BCUT2D eigenvalue weighted by Crippen LogP contribution is -2.02. The van der Waals surface area contributed by atoms with Crippen molar-refractivity contribution in [3.63, 3.8) is 0 Å². The number of hydrogen-bond acceptors (Lipinski definition) is 5. The molecule has 1 heterocycles.